The van der Waals surface area contributed by atoms with E-state index in [2.05, 4.69) is 10.2 Å². The van der Waals surface area contributed by atoms with E-state index in [4.69, 9.17) is 10.5 Å². The van der Waals surface area contributed by atoms with Crippen LogP contribution in [-0.2, 0) is 24.3 Å². The Morgan fingerprint density at radius 2 is 2.24 bits per heavy atom. The van der Waals surface area contributed by atoms with Gasteiger partial charge in [0.25, 0.3) is 0 Å². The van der Waals surface area contributed by atoms with E-state index >= 15 is 0 Å². The smallest absolute Gasteiger partial charge is 0.340 e. The van der Waals surface area contributed by atoms with Crippen LogP contribution in [0.15, 0.2) is 18.2 Å². The summed E-state index contributed by atoms with van der Waals surface area (Å²) in [4.78, 5) is 12.0. The molecule has 2 heterocycles. The molecule has 110 valence electrons. The molecule has 2 aromatic rings. The van der Waals surface area contributed by atoms with Gasteiger partial charge in [0.05, 0.1) is 5.56 Å². The molecule has 0 unspecified atom stereocenters. The molecule has 0 saturated heterocycles. The summed E-state index contributed by atoms with van der Waals surface area (Å²) < 4.78 is 20.3. The lowest BCUT2D eigenvalue weighted by Gasteiger charge is -2.14. The Labute approximate surface area is 120 Å². The zero-order valence-electron chi connectivity index (χ0n) is 11.4. The highest BCUT2D eigenvalue weighted by Gasteiger charge is 2.18. The summed E-state index contributed by atoms with van der Waals surface area (Å²) in [5, 5.41) is 8.11. The minimum atomic E-state index is -0.667. The summed E-state index contributed by atoms with van der Waals surface area (Å²) >= 11 is 0. The summed E-state index contributed by atoms with van der Waals surface area (Å²) in [5.74, 6) is 0.321. The fraction of sp³-hybridized carbons (Fsp3) is 0.357. The van der Waals surface area contributed by atoms with E-state index < -0.39 is 11.8 Å². The Balaban J connectivity index is 1.71. The molecule has 1 aliphatic heterocycles. The third kappa shape index (κ3) is 2.72. The van der Waals surface area contributed by atoms with Crippen LogP contribution in [0.2, 0.25) is 0 Å². The summed E-state index contributed by atoms with van der Waals surface area (Å²) in [6, 6.07) is 3.60. The minimum absolute atomic E-state index is 0.00177. The van der Waals surface area contributed by atoms with E-state index in [9.17, 15) is 9.18 Å². The Kier molecular flexibility index (Phi) is 3.55. The zero-order chi connectivity index (χ0) is 14.8. The number of ether oxygens (including phenoxy) is 1. The molecule has 0 radical (unpaired) electrons. The van der Waals surface area contributed by atoms with Crippen LogP contribution in [-0.4, -0.2) is 20.7 Å². The van der Waals surface area contributed by atoms with Gasteiger partial charge < -0.3 is 15.0 Å². The van der Waals surface area contributed by atoms with Gasteiger partial charge in [0, 0.05) is 18.7 Å². The number of esters is 1. The molecule has 0 amide bonds. The largest absolute Gasteiger partial charge is 0.454 e. The van der Waals surface area contributed by atoms with Crippen molar-refractivity contribution in [1.29, 1.82) is 0 Å². The number of fused-ring (bicyclic) bond motifs is 1. The van der Waals surface area contributed by atoms with Crippen LogP contribution in [0.5, 0.6) is 0 Å². The molecule has 0 fully saturated rings. The number of nitrogen functional groups attached to an aromatic ring is 1. The van der Waals surface area contributed by atoms with E-state index in [1.54, 1.807) is 0 Å². The van der Waals surface area contributed by atoms with Gasteiger partial charge in [0.15, 0.2) is 12.4 Å². The molecular formula is C14H15FN4O2. The molecule has 1 aromatic heterocycles. The van der Waals surface area contributed by atoms with Crippen molar-refractivity contribution in [2.45, 2.75) is 32.4 Å². The number of halogens is 1. The van der Waals surface area contributed by atoms with Crippen LogP contribution < -0.4 is 5.73 Å². The fourth-order valence-electron chi connectivity index (χ4n) is 2.39. The molecule has 0 bridgehead atoms. The second-order valence-corrected chi connectivity index (χ2v) is 4.95. The van der Waals surface area contributed by atoms with Gasteiger partial charge in [-0.3, -0.25) is 0 Å². The van der Waals surface area contributed by atoms with E-state index in [0.717, 1.165) is 37.7 Å². The van der Waals surface area contributed by atoms with Gasteiger partial charge in [-0.25, -0.2) is 9.18 Å². The monoisotopic (exact) mass is 290 g/mol. The van der Waals surface area contributed by atoms with Crippen LogP contribution in [0.4, 0.5) is 10.1 Å². The van der Waals surface area contributed by atoms with Gasteiger partial charge in [-0.1, -0.05) is 0 Å². The van der Waals surface area contributed by atoms with E-state index in [-0.39, 0.29) is 17.9 Å². The first-order valence-electron chi connectivity index (χ1n) is 6.78. The number of carbonyl (C=O) groups is 1. The second kappa shape index (κ2) is 5.51. The van der Waals surface area contributed by atoms with Crippen molar-refractivity contribution in [2.24, 2.45) is 0 Å². The van der Waals surface area contributed by atoms with E-state index in [1.807, 2.05) is 4.57 Å². The highest BCUT2D eigenvalue weighted by molar-refractivity contribution is 5.94. The number of nitrogens with two attached hydrogens (primary N) is 1. The zero-order valence-corrected chi connectivity index (χ0v) is 11.4. The molecule has 0 saturated carbocycles. The van der Waals surface area contributed by atoms with Crippen LogP contribution in [0.1, 0.15) is 34.8 Å². The van der Waals surface area contributed by atoms with Crippen molar-refractivity contribution in [2.75, 3.05) is 5.73 Å². The van der Waals surface area contributed by atoms with Crippen LogP contribution in [0, 0.1) is 5.82 Å². The Morgan fingerprint density at radius 1 is 1.38 bits per heavy atom. The van der Waals surface area contributed by atoms with Crippen LogP contribution in [0.25, 0.3) is 0 Å². The predicted molar refractivity (Wildman–Crippen MR) is 72.9 cm³/mol. The SMILES string of the molecule is Nc1ccc(F)cc1C(=O)OCc1nnc2n1CCCC2. The van der Waals surface area contributed by atoms with Gasteiger partial charge in [0.1, 0.15) is 11.6 Å². The molecule has 0 aliphatic carbocycles. The van der Waals surface area contributed by atoms with Crippen LogP contribution in [0.3, 0.4) is 0 Å². The summed E-state index contributed by atoms with van der Waals surface area (Å²) in [6.07, 6.45) is 3.04. The normalized spacial score (nSPS) is 13.8. The Bertz CT molecular complexity index is 684. The van der Waals surface area contributed by atoms with E-state index in [0.29, 0.717) is 5.82 Å². The first-order valence-corrected chi connectivity index (χ1v) is 6.78. The number of aromatic nitrogens is 3. The summed E-state index contributed by atoms with van der Waals surface area (Å²) in [7, 11) is 0. The number of carbonyl (C=O) groups excluding carboxylic acids is 1. The molecule has 21 heavy (non-hydrogen) atoms. The molecule has 1 aromatic carbocycles. The topological polar surface area (TPSA) is 83.0 Å². The third-order valence-corrected chi connectivity index (χ3v) is 3.50. The highest BCUT2D eigenvalue weighted by atomic mass is 19.1. The Morgan fingerprint density at radius 3 is 3.10 bits per heavy atom. The number of anilines is 1. The molecule has 2 N–H and O–H groups in total. The summed E-state index contributed by atoms with van der Waals surface area (Å²) in [5.41, 5.74) is 5.86. The van der Waals surface area contributed by atoms with Gasteiger partial charge in [-0.15, -0.1) is 10.2 Å². The standard InChI is InChI=1S/C14H15FN4O2/c15-9-4-5-11(16)10(7-9)14(20)21-8-13-18-17-12-3-1-2-6-19(12)13/h4-5,7H,1-3,6,8,16H2. The molecule has 0 spiro atoms. The van der Waals surface area contributed by atoms with Crippen molar-refractivity contribution in [1.82, 2.24) is 14.8 Å². The molecule has 3 rings (SSSR count). The number of rotatable bonds is 3. The van der Waals surface area contributed by atoms with Crippen molar-refractivity contribution >= 4 is 11.7 Å². The maximum atomic E-state index is 13.2. The second-order valence-electron chi connectivity index (χ2n) is 4.95. The van der Waals surface area contributed by atoms with Crippen LogP contribution >= 0.6 is 0 Å². The van der Waals surface area contributed by atoms with Crippen molar-refractivity contribution < 1.29 is 13.9 Å². The molecule has 1 aliphatic rings. The number of hydrogen-bond acceptors (Lipinski definition) is 5. The lowest BCUT2D eigenvalue weighted by atomic mass is 10.1. The van der Waals surface area contributed by atoms with Gasteiger partial charge in [0.2, 0.25) is 0 Å². The van der Waals surface area contributed by atoms with Gasteiger partial charge in [-0.05, 0) is 31.0 Å². The minimum Gasteiger partial charge on any atom is -0.454 e. The van der Waals surface area contributed by atoms with Crippen molar-refractivity contribution in [3.8, 4) is 0 Å². The molecule has 6 nitrogen and oxygen atoms in total. The molecular weight excluding hydrogens is 275 g/mol. The van der Waals surface area contributed by atoms with Crippen molar-refractivity contribution in [3.63, 3.8) is 0 Å². The highest BCUT2D eigenvalue weighted by Crippen LogP contribution is 2.17. The Hall–Kier alpha value is -2.44. The van der Waals surface area contributed by atoms with Gasteiger partial charge >= 0.3 is 5.97 Å². The lowest BCUT2D eigenvalue weighted by molar-refractivity contribution is 0.0457. The number of aryl methyl sites for hydroxylation is 1. The predicted octanol–water partition coefficient (Wildman–Crippen LogP) is 1.69. The average molecular weight is 290 g/mol. The first kappa shape index (κ1) is 13.5. The van der Waals surface area contributed by atoms with Crippen molar-refractivity contribution in [3.05, 3.63) is 41.2 Å². The average Bonchev–Trinajstić information content (AvgIpc) is 2.90. The quantitative estimate of drug-likeness (QED) is 0.687. The lowest BCUT2D eigenvalue weighted by Crippen LogP contribution is -2.15. The maximum absolute atomic E-state index is 13.2. The summed E-state index contributed by atoms with van der Waals surface area (Å²) in [6.45, 7) is 0.832. The third-order valence-electron chi connectivity index (χ3n) is 3.50. The van der Waals surface area contributed by atoms with E-state index in [1.165, 1.54) is 12.1 Å². The molecule has 7 heteroatoms. The molecule has 0 atom stereocenters. The number of benzene rings is 1. The number of hydrogen-bond donors (Lipinski definition) is 1. The van der Waals surface area contributed by atoms with Gasteiger partial charge in [-0.2, -0.15) is 0 Å². The first-order chi connectivity index (χ1) is 10.1. The fourth-order valence-corrected chi connectivity index (χ4v) is 2.39. The number of nitrogens with zero attached hydrogens (tertiary/aromatic N) is 3. The maximum Gasteiger partial charge on any atom is 0.340 e.